The van der Waals surface area contributed by atoms with Gasteiger partial charge in [0.1, 0.15) is 4.90 Å². The zero-order chi connectivity index (χ0) is 9.35. The summed E-state index contributed by atoms with van der Waals surface area (Å²) >= 11 is 5.33. The first-order valence-electron chi connectivity index (χ1n) is 2.70. The lowest BCUT2D eigenvalue weighted by molar-refractivity contribution is 0.470. The summed E-state index contributed by atoms with van der Waals surface area (Å²) in [5, 5.41) is 8.78. The summed E-state index contributed by atoms with van der Waals surface area (Å²) < 4.78 is 21.3. The number of hydrogen-bond donors (Lipinski definition) is 1. The van der Waals surface area contributed by atoms with Gasteiger partial charge >= 0.3 is 0 Å². The summed E-state index contributed by atoms with van der Waals surface area (Å²) in [4.78, 5) is 3.11. The van der Waals surface area contributed by atoms with E-state index in [4.69, 9.17) is 27.4 Å². The molecule has 0 unspecified atom stereocenters. The largest absolute Gasteiger partial charge is 0.505 e. The molecule has 0 bridgehead atoms. The molecular formula is C5H3Cl2NO3S. The van der Waals surface area contributed by atoms with Crippen molar-refractivity contribution in [1.29, 1.82) is 0 Å². The fourth-order valence-electron chi connectivity index (χ4n) is 0.551. The molecule has 66 valence electrons. The van der Waals surface area contributed by atoms with Crippen LogP contribution in [0.25, 0.3) is 0 Å². The van der Waals surface area contributed by atoms with Crippen molar-refractivity contribution in [2.45, 2.75) is 4.90 Å². The van der Waals surface area contributed by atoms with E-state index in [0.29, 0.717) is 0 Å². The van der Waals surface area contributed by atoms with Crippen molar-refractivity contribution in [2.24, 2.45) is 0 Å². The van der Waals surface area contributed by atoms with E-state index in [0.717, 1.165) is 12.3 Å². The molecule has 0 spiro atoms. The summed E-state index contributed by atoms with van der Waals surface area (Å²) in [7, 11) is 1.11. The summed E-state index contributed by atoms with van der Waals surface area (Å²) in [5.74, 6) is -0.418. The van der Waals surface area contributed by atoms with Gasteiger partial charge in [-0.2, -0.15) is 0 Å². The summed E-state index contributed by atoms with van der Waals surface area (Å²) in [5.41, 5.74) is 0. The minimum Gasteiger partial charge on any atom is -0.505 e. The number of rotatable bonds is 1. The third kappa shape index (κ3) is 2.00. The van der Waals surface area contributed by atoms with Crippen molar-refractivity contribution < 1.29 is 13.5 Å². The topological polar surface area (TPSA) is 67.3 Å². The molecule has 0 atom stereocenters. The maximum absolute atomic E-state index is 10.7. The minimum atomic E-state index is -3.85. The van der Waals surface area contributed by atoms with Crippen LogP contribution in [0.15, 0.2) is 17.2 Å². The zero-order valence-electron chi connectivity index (χ0n) is 5.53. The van der Waals surface area contributed by atoms with Crippen molar-refractivity contribution in [3.8, 4) is 5.75 Å². The number of hydrogen-bond acceptors (Lipinski definition) is 4. The highest BCUT2D eigenvalue weighted by molar-refractivity contribution is 8.13. The molecule has 12 heavy (non-hydrogen) atoms. The molecule has 0 saturated carbocycles. The van der Waals surface area contributed by atoms with Gasteiger partial charge in [0.15, 0.2) is 10.9 Å². The molecule has 1 rings (SSSR count). The van der Waals surface area contributed by atoms with Gasteiger partial charge in [-0.1, -0.05) is 11.6 Å². The Morgan fingerprint density at radius 1 is 1.50 bits per heavy atom. The fourth-order valence-corrected chi connectivity index (χ4v) is 1.34. The number of aromatic nitrogens is 1. The van der Waals surface area contributed by atoms with Crippen LogP contribution in [0.2, 0.25) is 5.15 Å². The predicted molar refractivity (Wildman–Crippen MR) is 44.0 cm³/mol. The van der Waals surface area contributed by atoms with Gasteiger partial charge in [0, 0.05) is 22.9 Å². The highest BCUT2D eigenvalue weighted by Crippen LogP contribution is 2.24. The highest BCUT2D eigenvalue weighted by atomic mass is 35.7. The van der Waals surface area contributed by atoms with E-state index in [1.54, 1.807) is 0 Å². The normalized spacial score (nSPS) is 11.5. The molecule has 0 aromatic carbocycles. The molecule has 1 heterocycles. The second kappa shape index (κ2) is 3.08. The van der Waals surface area contributed by atoms with E-state index in [-0.39, 0.29) is 10.0 Å². The number of nitrogens with zero attached hydrogens (tertiary/aromatic N) is 1. The Morgan fingerprint density at radius 3 is 2.50 bits per heavy atom. The second-order valence-corrected chi connectivity index (χ2v) is 4.84. The molecule has 0 fully saturated rings. The Hall–Kier alpha value is -0.520. The van der Waals surface area contributed by atoms with E-state index >= 15 is 0 Å². The molecule has 0 aliphatic rings. The molecule has 7 heteroatoms. The monoisotopic (exact) mass is 227 g/mol. The molecule has 0 amide bonds. The molecule has 1 N–H and O–H groups in total. The van der Waals surface area contributed by atoms with Gasteiger partial charge in [-0.25, -0.2) is 13.4 Å². The van der Waals surface area contributed by atoms with Crippen LogP contribution < -0.4 is 0 Å². The summed E-state index contributed by atoms with van der Waals surface area (Å²) in [6, 6.07) is 0.928. The average Bonchev–Trinajstić information content (AvgIpc) is 1.92. The Labute approximate surface area is 78.2 Å². The molecular weight excluding hydrogens is 225 g/mol. The first kappa shape index (κ1) is 9.57. The highest BCUT2D eigenvalue weighted by Gasteiger charge is 2.12. The predicted octanol–water partition coefficient (Wildman–Crippen LogP) is 1.37. The van der Waals surface area contributed by atoms with Gasteiger partial charge in [-0.3, -0.25) is 0 Å². The first-order valence-corrected chi connectivity index (χ1v) is 5.39. The van der Waals surface area contributed by atoms with Gasteiger partial charge in [0.25, 0.3) is 9.05 Å². The van der Waals surface area contributed by atoms with Gasteiger partial charge in [-0.15, -0.1) is 0 Å². The van der Waals surface area contributed by atoms with Crippen LogP contribution in [0.3, 0.4) is 0 Å². The Balaban J connectivity index is 3.33. The molecule has 1 aromatic heterocycles. The molecule has 0 radical (unpaired) electrons. The lowest BCUT2D eigenvalue weighted by Crippen LogP contribution is -1.91. The van der Waals surface area contributed by atoms with Crippen molar-refractivity contribution >= 4 is 31.3 Å². The van der Waals surface area contributed by atoms with Crippen LogP contribution in [0, 0.1) is 0 Å². The van der Waals surface area contributed by atoms with Gasteiger partial charge < -0.3 is 5.11 Å². The molecule has 0 aliphatic carbocycles. The third-order valence-electron chi connectivity index (χ3n) is 1.08. The smallest absolute Gasteiger partial charge is 0.262 e. The molecule has 1 aromatic rings. The average molecular weight is 228 g/mol. The van der Waals surface area contributed by atoms with E-state index in [9.17, 15) is 8.42 Å². The summed E-state index contributed by atoms with van der Waals surface area (Å²) in [6.45, 7) is 0. The summed E-state index contributed by atoms with van der Waals surface area (Å²) in [6.07, 6.45) is 0.963. The first-order chi connectivity index (χ1) is 5.41. The SMILES string of the molecule is O=S(=O)(Cl)c1cnc(Cl)c(O)c1. The van der Waals surface area contributed by atoms with Crippen molar-refractivity contribution in [1.82, 2.24) is 4.98 Å². The number of aromatic hydroxyl groups is 1. The van der Waals surface area contributed by atoms with Crippen LogP contribution >= 0.6 is 22.3 Å². The lowest BCUT2D eigenvalue weighted by atomic mass is 10.5. The Bertz CT molecular complexity index is 403. The van der Waals surface area contributed by atoms with Crippen LogP contribution in [0.5, 0.6) is 5.75 Å². The number of pyridine rings is 1. The standard InChI is InChI=1S/C5H3Cl2NO3S/c6-5-4(9)1-3(2-8-5)12(7,10)11/h1-2,9H. The van der Waals surface area contributed by atoms with Crippen molar-refractivity contribution in [2.75, 3.05) is 0 Å². The Kier molecular flexibility index (Phi) is 2.46. The van der Waals surface area contributed by atoms with Crippen molar-refractivity contribution in [3.63, 3.8) is 0 Å². The van der Waals surface area contributed by atoms with Crippen LogP contribution in [-0.2, 0) is 9.05 Å². The van der Waals surface area contributed by atoms with E-state index in [1.807, 2.05) is 0 Å². The van der Waals surface area contributed by atoms with E-state index < -0.39 is 14.8 Å². The van der Waals surface area contributed by atoms with Gasteiger partial charge in [-0.05, 0) is 0 Å². The van der Waals surface area contributed by atoms with E-state index in [2.05, 4.69) is 4.98 Å². The lowest BCUT2D eigenvalue weighted by Gasteiger charge is -1.97. The molecule has 0 aliphatic heterocycles. The quantitative estimate of drug-likeness (QED) is 0.582. The Morgan fingerprint density at radius 2 is 2.08 bits per heavy atom. The molecule has 4 nitrogen and oxygen atoms in total. The molecule has 0 saturated heterocycles. The second-order valence-electron chi connectivity index (χ2n) is 1.92. The van der Waals surface area contributed by atoms with Crippen LogP contribution in [-0.4, -0.2) is 18.5 Å². The number of halogens is 2. The maximum Gasteiger partial charge on any atom is 0.262 e. The van der Waals surface area contributed by atoms with E-state index in [1.165, 1.54) is 0 Å². The zero-order valence-corrected chi connectivity index (χ0v) is 7.86. The van der Waals surface area contributed by atoms with Crippen molar-refractivity contribution in [3.05, 3.63) is 17.4 Å². The fraction of sp³-hybridized carbons (Fsp3) is 0. The third-order valence-corrected chi connectivity index (χ3v) is 2.69. The van der Waals surface area contributed by atoms with Crippen LogP contribution in [0.4, 0.5) is 0 Å². The van der Waals surface area contributed by atoms with Gasteiger partial charge in [0.05, 0.1) is 0 Å². The van der Waals surface area contributed by atoms with Crippen LogP contribution in [0.1, 0.15) is 0 Å². The minimum absolute atomic E-state index is 0.168. The van der Waals surface area contributed by atoms with Gasteiger partial charge in [0.2, 0.25) is 0 Å². The maximum atomic E-state index is 10.7.